The van der Waals surface area contributed by atoms with Crippen LogP contribution >= 0.6 is 0 Å². The molecule has 0 heterocycles. The van der Waals surface area contributed by atoms with Crippen molar-refractivity contribution in [3.63, 3.8) is 0 Å². The van der Waals surface area contributed by atoms with Crippen molar-refractivity contribution >= 4 is 18.7 Å². The summed E-state index contributed by atoms with van der Waals surface area (Å²) in [6.07, 6.45) is 2.40. The van der Waals surface area contributed by atoms with Gasteiger partial charge in [-0.05, 0) is 51.9 Å². The lowest BCUT2D eigenvalue weighted by Gasteiger charge is -2.43. The first-order chi connectivity index (χ1) is 13.9. The molecule has 150 valence electrons. The minimum Gasteiger partial charge on any atom is -0.534 e. The van der Waals surface area contributed by atoms with E-state index in [0.29, 0.717) is 0 Å². The number of rotatable bonds is 4. The molecule has 2 nitrogen and oxygen atoms in total. The van der Waals surface area contributed by atoms with Gasteiger partial charge < -0.3 is 9.53 Å². The minimum absolute atomic E-state index is 0.0777. The van der Waals surface area contributed by atoms with Gasteiger partial charge in [-0.15, -0.1) is 0 Å². The normalized spacial score (nSPS) is 16.9. The van der Waals surface area contributed by atoms with Crippen molar-refractivity contribution in [3.8, 4) is 5.75 Å². The van der Waals surface area contributed by atoms with Crippen LogP contribution in [0.3, 0.4) is 0 Å². The van der Waals surface area contributed by atoms with Crippen molar-refractivity contribution in [1.29, 1.82) is 0 Å². The maximum Gasteiger partial charge on any atom is 0.319 e. The third-order valence-corrected chi connectivity index (χ3v) is 11.0. The first-order valence-corrected chi connectivity index (χ1v) is 12.4. The zero-order chi connectivity index (χ0) is 20.5. The maximum absolute atomic E-state index is 10.5. The van der Waals surface area contributed by atoms with Crippen LogP contribution in [0.1, 0.15) is 50.8 Å². The van der Waals surface area contributed by atoms with Gasteiger partial charge in [-0.25, -0.2) is 0 Å². The van der Waals surface area contributed by atoms with Gasteiger partial charge in [-0.3, -0.25) is 0 Å². The average Bonchev–Trinajstić information content (AvgIpc) is 2.73. The smallest absolute Gasteiger partial charge is 0.319 e. The Morgan fingerprint density at radius 1 is 0.828 bits per heavy atom. The van der Waals surface area contributed by atoms with Gasteiger partial charge >= 0.3 is 8.32 Å². The van der Waals surface area contributed by atoms with E-state index in [2.05, 4.69) is 93.6 Å². The van der Waals surface area contributed by atoms with E-state index in [4.69, 9.17) is 4.43 Å². The zero-order valence-electron chi connectivity index (χ0n) is 17.6. The van der Waals surface area contributed by atoms with E-state index in [0.717, 1.165) is 30.6 Å². The van der Waals surface area contributed by atoms with Gasteiger partial charge in [-0.2, -0.15) is 0 Å². The molecule has 0 saturated carbocycles. The fraction of sp³-hybridized carbons (Fsp3) is 0.308. The Morgan fingerprint density at radius 2 is 1.41 bits per heavy atom. The zero-order valence-corrected chi connectivity index (χ0v) is 18.6. The summed E-state index contributed by atoms with van der Waals surface area (Å²) >= 11 is 0. The van der Waals surface area contributed by atoms with E-state index in [1.807, 2.05) is 6.07 Å². The highest BCUT2D eigenvalue weighted by Crippen LogP contribution is 2.41. The Morgan fingerprint density at radius 3 is 1.97 bits per heavy atom. The quantitative estimate of drug-likeness (QED) is 0.623. The van der Waals surface area contributed by atoms with Crippen LogP contribution in [-0.2, 0) is 6.42 Å². The summed E-state index contributed by atoms with van der Waals surface area (Å²) in [6, 6.07) is 27.6. The van der Waals surface area contributed by atoms with Gasteiger partial charge in [0.15, 0.2) is 0 Å². The molecule has 3 aromatic rings. The largest absolute Gasteiger partial charge is 0.534 e. The Balaban J connectivity index is 1.94. The number of fused-ring (bicyclic) bond motifs is 1. The highest BCUT2D eigenvalue weighted by Gasteiger charge is 2.52. The maximum atomic E-state index is 10.5. The molecular weight excluding hydrogens is 372 g/mol. The standard InChI is InChI=1S/C26H30O2Si/c1-26(2,3)29(20-12-6-4-7-13-20,21-14-8-5-9-15-21)28-25-19-11-16-22-23(25)17-10-18-24(22)27/h4-9,11-16,19,24,27H,10,17-18H2,1-3H3/t24-/m1/s1. The first-order valence-electron chi connectivity index (χ1n) is 10.5. The highest BCUT2D eigenvalue weighted by molar-refractivity contribution is 7.00. The van der Waals surface area contributed by atoms with E-state index in [1.54, 1.807) is 0 Å². The van der Waals surface area contributed by atoms with Crippen LogP contribution in [0, 0.1) is 0 Å². The van der Waals surface area contributed by atoms with Crippen LogP contribution in [0.5, 0.6) is 5.75 Å². The minimum atomic E-state index is -2.65. The third kappa shape index (κ3) is 3.54. The molecule has 0 aromatic heterocycles. The molecule has 0 saturated heterocycles. The van der Waals surface area contributed by atoms with Gasteiger partial charge in [0.2, 0.25) is 0 Å². The molecule has 3 aromatic carbocycles. The lowest BCUT2D eigenvalue weighted by molar-refractivity contribution is 0.156. The van der Waals surface area contributed by atoms with Crippen molar-refractivity contribution in [2.75, 3.05) is 0 Å². The fourth-order valence-electron chi connectivity index (χ4n) is 4.70. The summed E-state index contributed by atoms with van der Waals surface area (Å²) in [4.78, 5) is 0. The van der Waals surface area contributed by atoms with Crippen LogP contribution in [0.2, 0.25) is 5.04 Å². The summed E-state index contributed by atoms with van der Waals surface area (Å²) in [6.45, 7) is 6.89. The lowest BCUT2D eigenvalue weighted by atomic mass is 9.89. The van der Waals surface area contributed by atoms with Gasteiger partial charge in [-0.1, -0.05) is 93.6 Å². The molecule has 1 aliphatic carbocycles. The molecule has 0 fully saturated rings. The number of hydrogen-bond acceptors (Lipinski definition) is 2. The second-order valence-electron chi connectivity index (χ2n) is 9.00. The first kappa shape index (κ1) is 19.9. The Hall–Kier alpha value is -2.36. The van der Waals surface area contributed by atoms with Crippen molar-refractivity contribution in [3.05, 3.63) is 90.0 Å². The number of hydrogen-bond donors (Lipinski definition) is 1. The summed E-state index contributed by atoms with van der Waals surface area (Å²) in [7, 11) is -2.65. The van der Waals surface area contributed by atoms with Crippen LogP contribution in [-0.4, -0.2) is 13.4 Å². The number of aliphatic hydroxyl groups is 1. The molecule has 0 unspecified atom stereocenters. The monoisotopic (exact) mass is 402 g/mol. The summed E-state index contributed by atoms with van der Waals surface area (Å²) in [5, 5.41) is 13.0. The van der Waals surface area contributed by atoms with Crippen LogP contribution < -0.4 is 14.8 Å². The molecule has 29 heavy (non-hydrogen) atoms. The predicted molar refractivity (Wildman–Crippen MR) is 123 cm³/mol. The van der Waals surface area contributed by atoms with E-state index in [9.17, 15) is 5.11 Å². The SMILES string of the molecule is CC(C)(C)[Si](Oc1cccc2c1CCC[C@H]2O)(c1ccccc1)c1ccccc1. The van der Waals surface area contributed by atoms with Gasteiger partial charge in [0.25, 0.3) is 0 Å². The summed E-state index contributed by atoms with van der Waals surface area (Å²) in [5.74, 6) is 0.940. The van der Waals surface area contributed by atoms with Gasteiger partial charge in [0.05, 0.1) is 6.10 Å². The van der Waals surface area contributed by atoms with E-state index in [1.165, 1.54) is 15.9 Å². The lowest BCUT2D eigenvalue weighted by Crippen LogP contribution is -2.69. The molecular formula is C26H30O2Si. The Labute approximate surface area is 175 Å². The topological polar surface area (TPSA) is 29.5 Å². The fourth-order valence-corrected chi connectivity index (χ4v) is 9.15. The molecule has 0 spiro atoms. The Kier molecular flexibility index (Phi) is 5.37. The van der Waals surface area contributed by atoms with E-state index < -0.39 is 8.32 Å². The molecule has 0 amide bonds. The van der Waals surface area contributed by atoms with Crippen molar-refractivity contribution in [1.82, 2.24) is 0 Å². The third-order valence-electron chi connectivity index (χ3n) is 6.11. The van der Waals surface area contributed by atoms with Crippen LogP contribution in [0.4, 0.5) is 0 Å². The van der Waals surface area contributed by atoms with Crippen molar-refractivity contribution in [2.45, 2.75) is 51.2 Å². The molecule has 1 atom stereocenters. The van der Waals surface area contributed by atoms with E-state index in [-0.39, 0.29) is 11.1 Å². The van der Waals surface area contributed by atoms with Crippen LogP contribution in [0.25, 0.3) is 0 Å². The number of benzene rings is 3. The molecule has 0 aliphatic heterocycles. The molecule has 4 rings (SSSR count). The Bertz CT molecular complexity index is 922. The van der Waals surface area contributed by atoms with E-state index >= 15 is 0 Å². The molecule has 1 N–H and O–H groups in total. The van der Waals surface area contributed by atoms with Crippen molar-refractivity contribution in [2.24, 2.45) is 0 Å². The highest BCUT2D eigenvalue weighted by atomic mass is 28.4. The second kappa shape index (κ2) is 7.81. The molecule has 1 aliphatic rings. The second-order valence-corrected chi connectivity index (χ2v) is 13.2. The van der Waals surface area contributed by atoms with Gasteiger partial charge in [0, 0.05) is 0 Å². The summed E-state index contributed by atoms with van der Waals surface area (Å²) in [5.41, 5.74) is 2.21. The number of aliphatic hydroxyl groups excluding tert-OH is 1. The predicted octanol–water partition coefficient (Wildman–Crippen LogP) is 5.00. The molecule has 3 heteroatoms. The molecule has 0 radical (unpaired) electrons. The van der Waals surface area contributed by atoms with Crippen LogP contribution in [0.15, 0.2) is 78.9 Å². The molecule has 0 bridgehead atoms. The van der Waals surface area contributed by atoms with Gasteiger partial charge in [0.1, 0.15) is 5.75 Å². The average molecular weight is 403 g/mol. The summed E-state index contributed by atoms with van der Waals surface area (Å²) < 4.78 is 7.21. The van der Waals surface area contributed by atoms with Crippen molar-refractivity contribution < 1.29 is 9.53 Å².